The Morgan fingerprint density at radius 2 is 2.11 bits per heavy atom. The number of nitrogens with one attached hydrogen (secondary N) is 1. The molecule has 5 heteroatoms. The predicted molar refractivity (Wildman–Crippen MR) is 67.0 cm³/mol. The van der Waals surface area contributed by atoms with E-state index >= 15 is 0 Å². The first kappa shape index (κ1) is 14.2. The standard InChI is InChI=1S/C13H18N2O3/c1-9(2)10(3)18-12(16)8-15-13(17)11-5-4-6-14-7-11/h4-7,9-10H,8H2,1-3H3,(H,15,17). The maximum atomic E-state index is 11.6. The summed E-state index contributed by atoms with van der Waals surface area (Å²) in [7, 11) is 0. The molecular formula is C13H18N2O3. The van der Waals surface area contributed by atoms with Gasteiger partial charge in [0.15, 0.2) is 0 Å². The highest BCUT2D eigenvalue weighted by Gasteiger charge is 2.14. The van der Waals surface area contributed by atoms with E-state index in [0.717, 1.165) is 0 Å². The van der Waals surface area contributed by atoms with Gasteiger partial charge in [-0.25, -0.2) is 0 Å². The van der Waals surface area contributed by atoms with Crippen LogP contribution in [-0.4, -0.2) is 29.5 Å². The summed E-state index contributed by atoms with van der Waals surface area (Å²) < 4.78 is 5.13. The van der Waals surface area contributed by atoms with Gasteiger partial charge < -0.3 is 10.1 Å². The Morgan fingerprint density at radius 1 is 1.39 bits per heavy atom. The molecule has 0 aromatic carbocycles. The van der Waals surface area contributed by atoms with Crippen LogP contribution in [0.4, 0.5) is 0 Å². The van der Waals surface area contributed by atoms with Gasteiger partial charge in [0, 0.05) is 12.4 Å². The van der Waals surface area contributed by atoms with E-state index in [-0.39, 0.29) is 24.5 Å². The molecule has 1 heterocycles. The minimum Gasteiger partial charge on any atom is -0.461 e. The molecule has 1 unspecified atom stereocenters. The first-order chi connectivity index (χ1) is 8.50. The van der Waals surface area contributed by atoms with Crippen molar-refractivity contribution in [2.75, 3.05) is 6.54 Å². The molecule has 0 spiro atoms. The number of esters is 1. The van der Waals surface area contributed by atoms with Crippen molar-refractivity contribution in [3.05, 3.63) is 30.1 Å². The molecule has 0 fully saturated rings. The Hall–Kier alpha value is -1.91. The molecule has 0 saturated carbocycles. The van der Waals surface area contributed by atoms with Crippen molar-refractivity contribution >= 4 is 11.9 Å². The van der Waals surface area contributed by atoms with Gasteiger partial charge >= 0.3 is 5.97 Å². The molecule has 1 aromatic rings. The fraction of sp³-hybridized carbons (Fsp3) is 0.462. The van der Waals surface area contributed by atoms with Crippen molar-refractivity contribution in [3.8, 4) is 0 Å². The third-order valence-electron chi connectivity index (χ3n) is 2.57. The quantitative estimate of drug-likeness (QED) is 0.802. The summed E-state index contributed by atoms with van der Waals surface area (Å²) in [6.07, 6.45) is 2.86. The van der Waals surface area contributed by atoms with Crippen molar-refractivity contribution in [1.29, 1.82) is 0 Å². The maximum absolute atomic E-state index is 11.6. The SMILES string of the molecule is CC(C)C(C)OC(=O)CNC(=O)c1cccnc1. The van der Waals surface area contributed by atoms with Crippen LogP contribution in [0.5, 0.6) is 0 Å². The smallest absolute Gasteiger partial charge is 0.325 e. The number of hydrogen-bond donors (Lipinski definition) is 1. The highest BCUT2D eigenvalue weighted by atomic mass is 16.5. The van der Waals surface area contributed by atoms with Gasteiger partial charge in [-0.05, 0) is 25.0 Å². The number of amides is 1. The number of nitrogens with zero attached hydrogens (tertiary/aromatic N) is 1. The van der Waals surface area contributed by atoms with Crippen LogP contribution in [0.2, 0.25) is 0 Å². The third-order valence-corrected chi connectivity index (χ3v) is 2.57. The van der Waals surface area contributed by atoms with Crippen LogP contribution in [0.3, 0.4) is 0 Å². The van der Waals surface area contributed by atoms with Crippen molar-refractivity contribution in [1.82, 2.24) is 10.3 Å². The molecule has 1 amide bonds. The van der Waals surface area contributed by atoms with Gasteiger partial charge in [0.05, 0.1) is 5.56 Å². The Balaban J connectivity index is 2.37. The summed E-state index contributed by atoms with van der Waals surface area (Å²) >= 11 is 0. The zero-order valence-corrected chi connectivity index (χ0v) is 10.8. The van der Waals surface area contributed by atoms with Crippen LogP contribution < -0.4 is 5.32 Å². The monoisotopic (exact) mass is 250 g/mol. The molecule has 0 radical (unpaired) electrons. The Labute approximate surface area is 107 Å². The summed E-state index contributed by atoms with van der Waals surface area (Å²) in [5.74, 6) is -0.520. The molecule has 0 aliphatic heterocycles. The lowest BCUT2D eigenvalue weighted by Gasteiger charge is -2.16. The lowest BCUT2D eigenvalue weighted by Crippen LogP contribution is -2.33. The lowest BCUT2D eigenvalue weighted by molar-refractivity contribution is -0.148. The van der Waals surface area contributed by atoms with Crippen LogP contribution >= 0.6 is 0 Å². The number of ether oxygens (including phenoxy) is 1. The summed E-state index contributed by atoms with van der Waals surface area (Å²) in [6, 6.07) is 3.29. The van der Waals surface area contributed by atoms with E-state index in [1.807, 2.05) is 20.8 Å². The van der Waals surface area contributed by atoms with Crippen LogP contribution in [0.25, 0.3) is 0 Å². The molecule has 0 aliphatic rings. The van der Waals surface area contributed by atoms with Crippen LogP contribution in [0.1, 0.15) is 31.1 Å². The van der Waals surface area contributed by atoms with E-state index in [9.17, 15) is 9.59 Å². The molecule has 0 saturated heterocycles. The van der Waals surface area contributed by atoms with Gasteiger partial charge in [-0.3, -0.25) is 14.6 Å². The normalized spacial score (nSPS) is 12.0. The zero-order valence-electron chi connectivity index (χ0n) is 10.8. The second-order valence-electron chi connectivity index (χ2n) is 4.36. The van der Waals surface area contributed by atoms with Gasteiger partial charge in [-0.15, -0.1) is 0 Å². The van der Waals surface area contributed by atoms with Gasteiger partial charge in [-0.1, -0.05) is 13.8 Å². The third kappa shape index (κ3) is 4.53. The predicted octanol–water partition coefficient (Wildman–Crippen LogP) is 1.40. The van der Waals surface area contributed by atoms with Crippen molar-refractivity contribution in [3.63, 3.8) is 0 Å². The maximum Gasteiger partial charge on any atom is 0.325 e. The van der Waals surface area contributed by atoms with E-state index in [1.54, 1.807) is 18.3 Å². The second kappa shape index (κ2) is 6.74. The number of carbonyl (C=O) groups excluding carboxylic acids is 2. The molecule has 5 nitrogen and oxygen atoms in total. The Kier molecular flexibility index (Phi) is 5.30. The number of rotatable bonds is 5. The molecule has 1 aromatic heterocycles. The number of carbonyl (C=O) groups is 2. The van der Waals surface area contributed by atoms with E-state index in [4.69, 9.17) is 4.74 Å². The first-order valence-corrected chi connectivity index (χ1v) is 5.88. The van der Waals surface area contributed by atoms with E-state index < -0.39 is 5.97 Å². The molecule has 1 rings (SSSR count). The molecule has 98 valence electrons. The van der Waals surface area contributed by atoms with Crippen molar-refractivity contribution in [2.24, 2.45) is 5.92 Å². The number of pyridine rings is 1. The minimum atomic E-state index is -0.437. The highest BCUT2D eigenvalue weighted by molar-refractivity contribution is 5.95. The second-order valence-corrected chi connectivity index (χ2v) is 4.36. The molecule has 1 N–H and O–H groups in total. The topological polar surface area (TPSA) is 68.3 Å². The summed E-state index contributed by atoms with van der Waals surface area (Å²) in [5, 5.41) is 2.49. The van der Waals surface area contributed by atoms with Gasteiger partial charge in [-0.2, -0.15) is 0 Å². The molecule has 0 aliphatic carbocycles. The minimum absolute atomic E-state index is 0.134. The average Bonchev–Trinajstić information content (AvgIpc) is 2.36. The number of hydrogen-bond acceptors (Lipinski definition) is 4. The zero-order chi connectivity index (χ0) is 13.5. The van der Waals surface area contributed by atoms with Crippen molar-refractivity contribution < 1.29 is 14.3 Å². The number of aromatic nitrogens is 1. The van der Waals surface area contributed by atoms with Crippen LogP contribution in [0, 0.1) is 5.92 Å². The van der Waals surface area contributed by atoms with Crippen molar-refractivity contribution in [2.45, 2.75) is 26.9 Å². The summed E-state index contributed by atoms with van der Waals surface area (Å²) in [5.41, 5.74) is 0.419. The summed E-state index contributed by atoms with van der Waals surface area (Å²) in [6.45, 7) is 5.62. The first-order valence-electron chi connectivity index (χ1n) is 5.88. The van der Waals surface area contributed by atoms with Gasteiger partial charge in [0.25, 0.3) is 5.91 Å². The fourth-order valence-corrected chi connectivity index (χ4v) is 1.14. The largest absolute Gasteiger partial charge is 0.461 e. The van der Waals surface area contributed by atoms with E-state index in [0.29, 0.717) is 5.56 Å². The summed E-state index contributed by atoms with van der Waals surface area (Å²) in [4.78, 5) is 26.9. The van der Waals surface area contributed by atoms with Crippen LogP contribution in [-0.2, 0) is 9.53 Å². The lowest BCUT2D eigenvalue weighted by atomic mass is 10.1. The van der Waals surface area contributed by atoms with Gasteiger partial charge in [0.2, 0.25) is 0 Å². The van der Waals surface area contributed by atoms with E-state index in [1.165, 1.54) is 6.20 Å². The average molecular weight is 250 g/mol. The Bertz CT molecular complexity index is 404. The molecule has 0 bridgehead atoms. The van der Waals surface area contributed by atoms with Crippen LogP contribution in [0.15, 0.2) is 24.5 Å². The Morgan fingerprint density at radius 3 is 2.67 bits per heavy atom. The van der Waals surface area contributed by atoms with Gasteiger partial charge in [0.1, 0.15) is 12.6 Å². The highest BCUT2D eigenvalue weighted by Crippen LogP contribution is 2.05. The molecular weight excluding hydrogens is 232 g/mol. The molecule has 18 heavy (non-hydrogen) atoms. The van der Waals surface area contributed by atoms with E-state index in [2.05, 4.69) is 10.3 Å². The molecule has 1 atom stereocenters. The fourth-order valence-electron chi connectivity index (χ4n) is 1.14.